The average molecular weight is 220 g/mol. The van der Waals surface area contributed by atoms with Crippen molar-refractivity contribution in [1.29, 1.82) is 0 Å². The van der Waals surface area contributed by atoms with Crippen LogP contribution in [0.15, 0.2) is 30.3 Å². The average Bonchev–Trinajstić information content (AvgIpc) is 2.25. The van der Waals surface area contributed by atoms with Crippen LogP contribution in [0.1, 0.15) is 31.1 Å². The maximum atomic E-state index is 12.3. The Balaban J connectivity index is 2.92. The van der Waals surface area contributed by atoms with Gasteiger partial charge < -0.3 is 10.6 Å². The molecule has 0 aliphatic heterocycles. The Hall–Kier alpha value is -1.35. The quantitative estimate of drug-likeness (QED) is 0.845. The molecule has 1 aromatic rings. The van der Waals surface area contributed by atoms with Gasteiger partial charge in [-0.15, -0.1) is 0 Å². The third-order valence-electron chi connectivity index (χ3n) is 2.43. The van der Waals surface area contributed by atoms with Crippen molar-refractivity contribution in [1.82, 2.24) is 4.90 Å². The molecule has 0 aromatic heterocycles. The first-order chi connectivity index (χ1) is 7.46. The molecule has 1 amide bonds. The highest BCUT2D eigenvalue weighted by atomic mass is 16.2. The van der Waals surface area contributed by atoms with Crippen LogP contribution in [0.5, 0.6) is 0 Å². The lowest BCUT2D eigenvalue weighted by molar-refractivity contribution is 0.0591. The maximum Gasteiger partial charge on any atom is 0.254 e. The van der Waals surface area contributed by atoms with Gasteiger partial charge in [-0.05, 0) is 32.9 Å². The van der Waals surface area contributed by atoms with Crippen LogP contribution in [-0.2, 0) is 0 Å². The van der Waals surface area contributed by atoms with Crippen LogP contribution in [-0.4, -0.2) is 29.4 Å². The van der Waals surface area contributed by atoms with Gasteiger partial charge in [-0.3, -0.25) is 4.79 Å². The van der Waals surface area contributed by atoms with E-state index in [2.05, 4.69) is 0 Å². The number of benzene rings is 1. The highest BCUT2D eigenvalue weighted by Gasteiger charge is 2.26. The first-order valence-electron chi connectivity index (χ1n) is 5.54. The molecule has 0 atom stereocenters. The van der Waals surface area contributed by atoms with E-state index in [1.165, 1.54) is 0 Å². The summed E-state index contributed by atoms with van der Waals surface area (Å²) in [5.74, 6) is 0.0403. The summed E-state index contributed by atoms with van der Waals surface area (Å²) < 4.78 is 0. The van der Waals surface area contributed by atoms with Gasteiger partial charge in [0, 0.05) is 24.2 Å². The third-order valence-corrected chi connectivity index (χ3v) is 2.43. The molecule has 16 heavy (non-hydrogen) atoms. The van der Waals surface area contributed by atoms with E-state index in [0.717, 1.165) is 0 Å². The lowest BCUT2D eigenvalue weighted by atomic mass is 10.0. The van der Waals surface area contributed by atoms with Crippen molar-refractivity contribution in [2.75, 3.05) is 13.1 Å². The molecular formula is C13H20N2O. The number of nitrogens with zero attached hydrogens (tertiary/aromatic N) is 1. The van der Waals surface area contributed by atoms with Crippen molar-refractivity contribution < 1.29 is 4.79 Å². The number of amides is 1. The topological polar surface area (TPSA) is 46.3 Å². The molecule has 1 rings (SSSR count). The van der Waals surface area contributed by atoms with Crippen molar-refractivity contribution >= 4 is 5.91 Å². The molecule has 1 aromatic carbocycles. The largest absolute Gasteiger partial charge is 0.333 e. The summed E-state index contributed by atoms with van der Waals surface area (Å²) in [7, 11) is 0. The molecule has 2 N–H and O–H groups in total. The fourth-order valence-electron chi connectivity index (χ4n) is 1.61. The molecule has 0 heterocycles. The second-order valence-corrected chi connectivity index (χ2v) is 4.78. The second kappa shape index (κ2) is 5.12. The zero-order valence-electron chi connectivity index (χ0n) is 10.2. The van der Waals surface area contributed by atoms with Crippen LogP contribution >= 0.6 is 0 Å². The molecule has 3 nitrogen and oxygen atoms in total. The number of rotatable bonds is 3. The second-order valence-electron chi connectivity index (χ2n) is 4.78. The van der Waals surface area contributed by atoms with E-state index in [9.17, 15) is 4.79 Å². The Morgan fingerprint density at radius 2 is 1.81 bits per heavy atom. The lowest BCUT2D eigenvalue weighted by Crippen LogP contribution is -2.47. The molecule has 0 spiro atoms. The summed E-state index contributed by atoms with van der Waals surface area (Å²) in [6.45, 7) is 7.11. The normalized spacial score (nSPS) is 11.2. The Morgan fingerprint density at radius 1 is 1.25 bits per heavy atom. The van der Waals surface area contributed by atoms with Crippen molar-refractivity contribution in [3.63, 3.8) is 0 Å². The molecule has 0 aliphatic carbocycles. The number of nitrogens with two attached hydrogens (primary N) is 1. The van der Waals surface area contributed by atoms with Gasteiger partial charge in [0.25, 0.3) is 5.91 Å². The van der Waals surface area contributed by atoms with Gasteiger partial charge in [0.15, 0.2) is 0 Å². The summed E-state index contributed by atoms with van der Waals surface area (Å²) in [5, 5.41) is 0. The number of carbonyl (C=O) groups excluding carboxylic acids is 1. The minimum atomic E-state index is -0.202. The van der Waals surface area contributed by atoms with Gasteiger partial charge in [0.2, 0.25) is 0 Å². The molecule has 3 heteroatoms. The van der Waals surface area contributed by atoms with Gasteiger partial charge >= 0.3 is 0 Å². The monoisotopic (exact) mass is 220 g/mol. The Labute approximate surface area is 97.2 Å². The summed E-state index contributed by atoms with van der Waals surface area (Å²) in [6, 6.07) is 9.31. The Bertz CT molecular complexity index is 341. The molecule has 0 radical (unpaired) electrons. The van der Waals surface area contributed by atoms with Crippen molar-refractivity contribution in [3.8, 4) is 0 Å². The molecule has 0 aliphatic rings. The van der Waals surface area contributed by atoms with Crippen molar-refractivity contribution in [2.24, 2.45) is 5.73 Å². The van der Waals surface area contributed by atoms with Gasteiger partial charge in [-0.1, -0.05) is 18.2 Å². The molecular weight excluding hydrogens is 200 g/mol. The first-order valence-corrected chi connectivity index (χ1v) is 5.54. The lowest BCUT2D eigenvalue weighted by Gasteiger charge is -2.35. The zero-order valence-corrected chi connectivity index (χ0v) is 10.2. The van der Waals surface area contributed by atoms with Crippen LogP contribution in [0, 0.1) is 0 Å². The summed E-state index contributed by atoms with van der Waals surface area (Å²) >= 11 is 0. The minimum absolute atomic E-state index is 0.0403. The van der Waals surface area contributed by atoms with Crippen LogP contribution in [0.25, 0.3) is 0 Å². The standard InChI is InChI=1S/C13H20N2O/c1-13(2,3)15(10-9-14)12(16)11-7-5-4-6-8-11/h4-8H,9-10,14H2,1-3H3. The van der Waals surface area contributed by atoms with E-state index in [4.69, 9.17) is 5.73 Å². The van der Waals surface area contributed by atoms with E-state index in [0.29, 0.717) is 18.7 Å². The van der Waals surface area contributed by atoms with Crippen LogP contribution in [0.2, 0.25) is 0 Å². The third kappa shape index (κ3) is 3.07. The molecule has 88 valence electrons. The Morgan fingerprint density at radius 3 is 2.25 bits per heavy atom. The number of hydrogen-bond donors (Lipinski definition) is 1. The van der Waals surface area contributed by atoms with Gasteiger partial charge in [-0.2, -0.15) is 0 Å². The van der Waals surface area contributed by atoms with Crippen molar-refractivity contribution in [2.45, 2.75) is 26.3 Å². The van der Waals surface area contributed by atoms with E-state index in [1.807, 2.05) is 56.0 Å². The van der Waals surface area contributed by atoms with E-state index < -0.39 is 0 Å². The molecule has 0 bridgehead atoms. The molecule has 0 saturated heterocycles. The minimum Gasteiger partial charge on any atom is -0.333 e. The van der Waals surface area contributed by atoms with Gasteiger partial charge in [0.1, 0.15) is 0 Å². The predicted octanol–water partition coefficient (Wildman–Crippen LogP) is 1.89. The van der Waals surface area contributed by atoms with E-state index in [1.54, 1.807) is 0 Å². The van der Waals surface area contributed by atoms with Crippen LogP contribution in [0.3, 0.4) is 0 Å². The van der Waals surface area contributed by atoms with E-state index >= 15 is 0 Å². The first kappa shape index (κ1) is 12.7. The smallest absolute Gasteiger partial charge is 0.254 e. The van der Waals surface area contributed by atoms with Gasteiger partial charge in [-0.25, -0.2) is 0 Å². The predicted molar refractivity (Wildman–Crippen MR) is 66.3 cm³/mol. The van der Waals surface area contributed by atoms with Crippen LogP contribution in [0.4, 0.5) is 0 Å². The molecule has 0 saturated carbocycles. The maximum absolute atomic E-state index is 12.3. The number of hydrogen-bond acceptors (Lipinski definition) is 2. The summed E-state index contributed by atoms with van der Waals surface area (Å²) in [6.07, 6.45) is 0. The summed E-state index contributed by atoms with van der Waals surface area (Å²) in [5.41, 5.74) is 6.06. The van der Waals surface area contributed by atoms with Crippen molar-refractivity contribution in [3.05, 3.63) is 35.9 Å². The van der Waals surface area contributed by atoms with Crippen LogP contribution < -0.4 is 5.73 Å². The molecule has 0 unspecified atom stereocenters. The fourth-order valence-corrected chi connectivity index (χ4v) is 1.61. The van der Waals surface area contributed by atoms with Gasteiger partial charge in [0.05, 0.1) is 0 Å². The number of carbonyl (C=O) groups is 1. The van der Waals surface area contributed by atoms with E-state index in [-0.39, 0.29) is 11.4 Å². The highest BCUT2D eigenvalue weighted by Crippen LogP contribution is 2.16. The fraction of sp³-hybridized carbons (Fsp3) is 0.462. The SMILES string of the molecule is CC(C)(C)N(CCN)C(=O)c1ccccc1. The highest BCUT2D eigenvalue weighted by molar-refractivity contribution is 5.94. The zero-order chi connectivity index (χ0) is 12.2. The summed E-state index contributed by atoms with van der Waals surface area (Å²) in [4.78, 5) is 14.1. The molecule has 0 fully saturated rings. The Kier molecular flexibility index (Phi) is 4.07.